The van der Waals surface area contributed by atoms with E-state index >= 15 is 0 Å². The highest BCUT2D eigenvalue weighted by atomic mass is 35.5. The van der Waals surface area contributed by atoms with E-state index in [-0.39, 0.29) is 24.2 Å². The van der Waals surface area contributed by atoms with Crippen LogP contribution in [0.2, 0.25) is 0 Å². The monoisotopic (exact) mass is 600 g/mol. The number of rotatable bonds is 12. The maximum Gasteiger partial charge on any atom is 0.303 e. The topological polar surface area (TPSA) is 82.5 Å². The minimum atomic E-state index is -0.723. The van der Waals surface area contributed by atoms with Crippen molar-refractivity contribution in [2.24, 2.45) is 0 Å². The first-order valence-corrected chi connectivity index (χ1v) is 15.0. The van der Waals surface area contributed by atoms with Crippen molar-refractivity contribution >= 4 is 12.0 Å². The first-order chi connectivity index (χ1) is 20.3. The number of unbranched alkanes of at least 4 members (excludes halogenated alkanes) is 2. The zero-order valence-electron chi connectivity index (χ0n) is 25.3. The molecule has 8 heteroatoms. The quantitative estimate of drug-likeness (QED) is 0.198. The molecule has 0 saturated heterocycles. The van der Waals surface area contributed by atoms with Gasteiger partial charge in [-0.1, -0.05) is 26.0 Å². The minimum absolute atomic E-state index is 0. The van der Waals surface area contributed by atoms with E-state index in [1.54, 1.807) is 0 Å². The van der Waals surface area contributed by atoms with E-state index < -0.39 is 5.97 Å². The maximum atomic E-state index is 10.8. The largest absolute Gasteiger partial charge is 1.00 e. The Balaban J connectivity index is 0.00000423. The Morgan fingerprint density at radius 2 is 1.67 bits per heavy atom. The summed E-state index contributed by atoms with van der Waals surface area (Å²) in [5.74, 6) is 1.04. The van der Waals surface area contributed by atoms with Gasteiger partial charge in [-0.25, -0.2) is 4.58 Å². The van der Waals surface area contributed by atoms with Gasteiger partial charge in [-0.05, 0) is 68.0 Å². The number of carboxylic acid groups (broad SMARTS) is 1. The second-order valence-electron chi connectivity index (χ2n) is 11.7. The SMILES string of the molecule is CC[N+](CCCCCC(=O)O)=c1ccc2cc3c(oc-2c1)C=C(N(Cc1ccccn1)Cc1ccccn1)CC3(C)C.[Cl-]. The number of benzene rings is 1. The molecule has 3 heterocycles. The van der Waals surface area contributed by atoms with Crippen LogP contribution in [0.3, 0.4) is 0 Å². The summed E-state index contributed by atoms with van der Waals surface area (Å²) in [5.41, 5.74) is 5.43. The summed E-state index contributed by atoms with van der Waals surface area (Å²) < 4.78 is 9.01. The summed E-state index contributed by atoms with van der Waals surface area (Å²) in [5, 5.41) is 10.0. The van der Waals surface area contributed by atoms with E-state index in [2.05, 4.69) is 82.7 Å². The molecule has 1 aliphatic heterocycles. The molecule has 7 nitrogen and oxygen atoms in total. The third kappa shape index (κ3) is 8.11. The van der Waals surface area contributed by atoms with Crippen LogP contribution in [0.25, 0.3) is 17.4 Å². The Morgan fingerprint density at radius 1 is 0.977 bits per heavy atom. The lowest BCUT2D eigenvalue weighted by molar-refractivity contribution is -0.137. The van der Waals surface area contributed by atoms with Gasteiger partial charge >= 0.3 is 5.97 Å². The molecule has 0 atom stereocenters. The molecule has 43 heavy (non-hydrogen) atoms. The van der Waals surface area contributed by atoms with Crippen LogP contribution in [0, 0.1) is 0 Å². The van der Waals surface area contributed by atoms with Crippen LogP contribution in [-0.4, -0.2) is 39.0 Å². The Morgan fingerprint density at radius 3 is 2.28 bits per heavy atom. The molecule has 0 saturated carbocycles. The number of hydrogen-bond acceptors (Lipinski definition) is 5. The average molecular weight is 601 g/mol. The molecule has 5 rings (SSSR count). The third-order valence-corrected chi connectivity index (χ3v) is 8.06. The summed E-state index contributed by atoms with van der Waals surface area (Å²) in [6.45, 7) is 9.87. The molecule has 226 valence electrons. The van der Waals surface area contributed by atoms with Crippen molar-refractivity contribution in [1.29, 1.82) is 0 Å². The van der Waals surface area contributed by atoms with Crippen LogP contribution in [0.1, 0.15) is 75.6 Å². The lowest BCUT2D eigenvalue weighted by Gasteiger charge is -2.37. The number of nitrogens with zero attached hydrogens (tertiary/aromatic N) is 4. The number of pyridine rings is 2. The Kier molecular flexibility index (Phi) is 10.8. The number of allylic oxidation sites excluding steroid dienone is 1. The van der Waals surface area contributed by atoms with E-state index in [9.17, 15) is 4.79 Å². The van der Waals surface area contributed by atoms with Gasteiger partial charge in [-0.2, -0.15) is 0 Å². The molecule has 2 aromatic heterocycles. The number of aromatic nitrogens is 2. The van der Waals surface area contributed by atoms with E-state index in [1.807, 2.05) is 36.7 Å². The standard InChI is InChI=1S/C35H40N4O3.ClH/c1-4-38(19-11-5-6-14-34(40)41)29-16-15-26-20-31-33(42-32(26)21-29)22-30(23-35(31,2)3)39(24-27-12-7-9-17-36-27)25-28-13-8-10-18-37-28;/h7-10,12-13,15-18,20-22H,4-6,11,14,19,23-25H2,1-3H3;1H. The summed E-state index contributed by atoms with van der Waals surface area (Å²) in [7, 11) is 0. The van der Waals surface area contributed by atoms with E-state index in [0.29, 0.717) is 19.5 Å². The fourth-order valence-electron chi connectivity index (χ4n) is 5.78. The normalized spacial score (nSPS) is 14.3. The predicted molar refractivity (Wildman–Crippen MR) is 165 cm³/mol. The molecule has 0 bridgehead atoms. The number of carbonyl (C=O) groups is 1. The van der Waals surface area contributed by atoms with E-state index in [4.69, 9.17) is 9.52 Å². The van der Waals surface area contributed by atoms with Gasteiger partial charge in [0, 0.05) is 54.2 Å². The van der Waals surface area contributed by atoms with Gasteiger partial charge in [0.25, 0.3) is 0 Å². The molecular weight excluding hydrogens is 560 g/mol. The molecule has 3 aliphatic rings. The Bertz CT molecular complexity index is 1540. The number of hydrogen-bond donors (Lipinski definition) is 1. The van der Waals surface area contributed by atoms with Crippen LogP contribution in [0.5, 0.6) is 0 Å². The molecule has 0 amide bonds. The van der Waals surface area contributed by atoms with Crippen molar-refractivity contribution in [2.75, 3.05) is 13.1 Å². The molecule has 2 aromatic rings. The van der Waals surface area contributed by atoms with Gasteiger partial charge in [0.15, 0.2) is 0 Å². The molecule has 0 spiro atoms. The second-order valence-corrected chi connectivity index (χ2v) is 11.7. The van der Waals surface area contributed by atoms with Crippen LogP contribution < -0.4 is 22.3 Å². The minimum Gasteiger partial charge on any atom is -1.00 e. The molecule has 1 N–H and O–H groups in total. The lowest BCUT2D eigenvalue weighted by atomic mass is 9.75. The summed E-state index contributed by atoms with van der Waals surface area (Å²) in [6.07, 6.45) is 9.60. The fourth-order valence-corrected chi connectivity index (χ4v) is 5.78. The predicted octanol–water partition coefficient (Wildman–Crippen LogP) is 3.34. The van der Waals surface area contributed by atoms with Crippen molar-refractivity contribution in [3.8, 4) is 11.3 Å². The van der Waals surface area contributed by atoms with Crippen molar-refractivity contribution < 1.29 is 26.7 Å². The molecule has 0 fully saturated rings. The van der Waals surface area contributed by atoms with Crippen LogP contribution in [0.15, 0.2) is 83.2 Å². The highest BCUT2D eigenvalue weighted by molar-refractivity contribution is 5.67. The van der Waals surface area contributed by atoms with Gasteiger partial charge in [0.1, 0.15) is 24.6 Å². The number of aliphatic carboxylic acids is 1. The van der Waals surface area contributed by atoms with Crippen molar-refractivity contribution in [1.82, 2.24) is 19.4 Å². The Labute approximate surface area is 260 Å². The molecule has 0 radical (unpaired) electrons. The lowest BCUT2D eigenvalue weighted by Crippen LogP contribution is -3.00. The van der Waals surface area contributed by atoms with Gasteiger partial charge in [0.05, 0.1) is 30.5 Å². The molecular formula is C35H41ClN4O3. The molecule has 0 unspecified atom stereocenters. The van der Waals surface area contributed by atoms with Gasteiger partial charge < -0.3 is 26.8 Å². The highest BCUT2D eigenvalue weighted by Crippen LogP contribution is 2.42. The van der Waals surface area contributed by atoms with Gasteiger partial charge in [0.2, 0.25) is 5.36 Å². The first-order valence-electron chi connectivity index (χ1n) is 15.0. The van der Waals surface area contributed by atoms with Crippen LogP contribution in [-0.2, 0) is 23.3 Å². The first kappa shape index (κ1) is 32.0. The van der Waals surface area contributed by atoms with E-state index in [0.717, 1.165) is 66.2 Å². The average Bonchev–Trinajstić information content (AvgIpc) is 2.98. The third-order valence-electron chi connectivity index (χ3n) is 8.06. The van der Waals surface area contributed by atoms with Crippen LogP contribution >= 0.6 is 0 Å². The second kappa shape index (κ2) is 14.5. The van der Waals surface area contributed by atoms with Crippen molar-refractivity contribution in [2.45, 2.75) is 71.4 Å². The fraction of sp³-hybridized carbons (Fsp3) is 0.371. The smallest absolute Gasteiger partial charge is 0.303 e. The number of halogens is 1. The van der Waals surface area contributed by atoms with Gasteiger partial charge in [-0.15, -0.1) is 0 Å². The molecule has 2 aliphatic carbocycles. The number of fused-ring (bicyclic) bond motifs is 2. The summed E-state index contributed by atoms with van der Waals surface area (Å²) in [4.78, 5) is 22.4. The number of carboxylic acids is 1. The van der Waals surface area contributed by atoms with Crippen molar-refractivity contribution in [3.05, 3.63) is 107 Å². The zero-order chi connectivity index (χ0) is 29.5. The van der Waals surface area contributed by atoms with Crippen LogP contribution in [0.4, 0.5) is 0 Å². The summed E-state index contributed by atoms with van der Waals surface area (Å²) in [6, 6.07) is 20.9. The maximum absolute atomic E-state index is 10.8. The highest BCUT2D eigenvalue weighted by Gasteiger charge is 2.33. The Hall–Kier alpha value is -3.97. The van der Waals surface area contributed by atoms with Gasteiger partial charge in [-0.3, -0.25) is 14.8 Å². The zero-order valence-corrected chi connectivity index (χ0v) is 26.1. The van der Waals surface area contributed by atoms with E-state index in [1.165, 1.54) is 11.3 Å². The van der Waals surface area contributed by atoms with Crippen molar-refractivity contribution in [3.63, 3.8) is 0 Å². The molecule has 0 aromatic carbocycles. The summed E-state index contributed by atoms with van der Waals surface area (Å²) >= 11 is 0.